The van der Waals surface area contributed by atoms with E-state index in [1.54, 1.807) is 6.92 Å². The van der Waals surface area contributed by atoms with Crippen LogP contribution in [0.2, 0.25) is 0 Å². The van der Waals surface area contributed by atoms with Gasteiger partial charge >= 0.3 is 5.97 Å². The normalized spacial score (nSPS) is 11.2. The predicted octanol–water partition coefficient (Wildman–Crippen LogP) is 0.776. The quantitative estimate of drug-likeness (QED) is 0.774. The molecule has 1 aromatic heterocycles. The molecule has 1 heterocycles. The Hall–Kier alpha value is -1.15. The highest BCUT2D eigenvalue weighted by atomic mass is 32.2. The van der Waals surface area contributed by atoms with Gasteiger partial charge in [-0.25, -0.2) is 18.2 Å². The van der Waals surface area contributed by atoms with Crippen molar-refractivity contribution < 1.29 is 17.9 Å². The predicted molar refractivity (Wildman–Crippen MR) is 66.3 cm³/mol. The van der Waals surface area contributed by atoms with E-state index < -0.39 is 15.8 Å². The molecule has 0 bridgehead atoms. The standard InChI is InChI=1S/C9H14N2O4S2/c1-3-17(13,14)5-4-10-9-11-6-7(16-9)8(12)15-2/h6H,3-5H2,1-2H3,(H,10,11). The molecule has 0 amide bonds. The number of nitrogens with one attached hydrogen (secondary N) is 1. The van der Waals surface area contributed by atoms with Crippen molar-refractivity contribution in [1.82, 2.24) is 4.98 Å². The Morgan fingerprint density at radius 1 is 1.59 bits per heavy atom. The van der Waals surface area contributed by atoms with E-state index in [-0.39, 0.29) is 18.1 Å². The maximum atomic E-state index is 11.2. The second kappa shape index (κ2) is 5.97. The number of anilines is 1. The van der Waals surface area contributed by atoms with Crippen molar-refractivity contribution in [3.8, 4) is 0 Å². The molecule has 0 spiro atoms. The molecule has 0 saturated heterocycles. The molecule has 17 heavy (non-hydrogen) atoms. The number of aromatic nitrogens is 1. The minimum atomic E-state index is -2.98. The Morgan fingerprint density at radius 2 is 2.29 bits per heavy atom. The molecular weight excluding hydrogens is 264 g/mol. The molecule has 96 valence electrons. The van der Waals surface area contributed by atoms with E-state index in [9.17, 15) is 13.2 Å². The maximum absolute atomic E-state index is 11.2. The summed E-state index contributed by atoms with van der Waals surface area (Å²) < 4.78 is 27.0. The highest BCUT2D eigenvalue weighted by Gasteiger charge is 2.11. The van der Waals surface area contributed by atoms with Gasteiger partial charge in [0.25, 0.3) is 0 Å². The molecule has 1 rings (SSSR count). The zero-order valence-corrected chi connectivity index (χ0v) is 11.2. The van der Waals surface area contributed by atoms with Gasteiger partial charge in [0.1, 0.15) is 4.88 Å². The second-order valence-corrected chi connectivity index (χ2v) is 6.69. The summed E-state index contributed by atoms with van der Waals surface area (Å²) in [7, 11) is -1.69. The van der Waals surface area contributed by atoms with Gasteiger partial charge in [-0.05, 0) is 0 Å². The van der Waals surface area contributed by atoms with E-state index in [2.05, 4.69) is 15.0 Å². The first-order chi connectivity index (χ1) is 7.98. The maximum Gasteiger partial charge on any atom is 0.349 e. The van der Waals surface area contributed by atoms with Gasteiger partial charge in [0.15, 0.2) is 15.0 Å². The lowest BCUT2D eigenvalue weighted by molar-refractivity contribution is 0.0606. The van der Waals surface area contributed by atoms with E-state index in [0.717, 1.165) is 11.3 Å². The Bertz CT molecular complexity index is 481. The average Bonchev–Trinajstić information content (AvgIpc) is 2.76. The Morgan fingerprint density at radius 3 is 2.88 bits per heavy atom. The van der Waals surface area contributed by atoms with Gasteiger partial charge in [-0.2, -0.15) is 0 Å². The molecule has 6 nitrogen and oxygen atoms in total. The molecular formula is C9H14N2O4S2. The first kappa shape index (κ1) is 13.9. The molecule has 0 radical (unpaired) electrons. The molecule has 1 aromatic rings. The van der Waals surface area contributed by atoms with Crippen LogP contribution in [0.3, 0.4) is 0 Å². The summed E-state index contributed by atoms with van der Waals surface area (Å²) in [6, 6.07) is 0. The second-order valence-electron chi connectivity index (χ2n) is 3.18. The zero-order valence-electron chi connectivity index (χ0n) is 9.60. The SMILES string of the molecule is CCS(=O)(=O)CCNc1ncc(C(=O)OC)s1. The van der Waals surface area contributed by atoms with Crippen LogP contribution < -0.4 is 5.32 Å². The average molecular weight is 278 g/mol. The number of thiazole rings is 1. The van der Waals surface area contributed by atoms with Gasteiger partial charge < -0.3 is 10.1 Å². The summed E-state index contributed by atoms with van der Waals surface area (Å²) in [5.41, 5.74) is 0. The molecule has 0 unspecified atom stereocenters. The van der Waals surface area contributed by atoms with Crippen LogP contribution in [0.25, 0.3) is 0 Å². The van der Waals surface area contributed by atoms with Crippen LogP contribution in [0.15, 0.2) is 6.20 Å². The molecule has 1 N–H and O–H groups in total. The largest absolute Gasteiger partial charge is 0.465 e. The summed E-state index contributed by atoms with van der Waals surface area (Å²) in [5, 5.41) is 3.37. The van der Waals surface area contributed by atoms with Crippen LogP contribution in [-0.4, -0.2) is 44.5 Å². The third kappa shape index (κ3) is 4.31. The number of carbonyl (C=O) groups is 1. The van der Waals surface area contributed by atoms with Crippen molar-refractivity contribution in [2.24, 2.45) is 0 Å². The van der Waals surface area contributed by atoms with Gasteiger partial charge in [-0.15, -0.1) is 0 Å². The molecule has 0 fully saturated rings. The van der Waals surface area contributed by atoms with E-state index in [1.165, 1.54) is 13.3 Å². The number of sulfone groups is 1. The number of rotatable bonds is 6. The summed E-state index contributed by atoms with van der Waals surface area (Å²) in [6.07, 6.45) is 1.40. The lowest BCUT2D eigenvalue weighted by Crippen LogP contribution is -2.16. The van der Waals surface area contributed by atoms with Crippen LogP contribution in [-0.2, 0) is 14.6 Å². The van der Waals surface area contributed by atoms with Gasteiger partial charge in [0.05, 0.1) is 19.1 Å². The van der Waals surface area contributed by atoms with Crippen molar-refractivity contribution in [3.05, 3.63) is 11.1 Å². The number of hydrogen-bond donors (Lipinski definition) is 1. The first-order valence-electron chi connectivity index (χ1n) is 4.97. The van der Waals surface area contributed by atoms with Gasteiger partial charge in [-0.3, -0.25) is 0 Å². The number of hydrogen-bond acceptors (Lipinski definition) is 7. The van der Waals surface area contributed by atoms with E-state index >= 15 is 0 Å². The molecule has 0 aliphatic rings. The van der Waals surface area contributed by atoms with Gasteiger partial charge in [0.2, 0.25) is 0 Å². The summed E-state index contributed by atoms with van der Waals surface area (Å²) in [6.45, 7) is 1.89. The first-order valence-corrected chi connectivity index (χ1v) is 7.60. The molecule has 0 aromatic carbocycles. The van der Waals surface area contributed by atoms with Crippen molar-refractivity contribution in [2.45, 2.75) is 6.92 Å². The number of nitrogens with zero attached hydrogens (tertiary/aromatic N) is 1. The molecule has 0 aliphatic heterocycles. The fourth-order valence-electron chi connectivity index (χ4n) is 1.01. The van der Waals surface area contributed by atoms with Crippen LogP contribution in [0.5, 0.6) is 0 Å². The smallest absolute Gasteiger partial charge is 0.349 e. The minimum Gasteiger partial charge on any atom is -0.465 e. The third-order valence-electron chi connectivity index (χ3n) is 2.02. The fraction of sp³-hybridized carbons (Fsp3) is 0.556. The van der Waals surface area contributed by atoms with E-state index in [1.807, 2.05) is 0 Å². The van der Waals surface area contributed by atoms with Crippen LogP contribution >= 0.6 is 11.3 Å². The van der Waals surface area contributed by atoms with Crippen LogP contribution in [0.1, 0.15) is 16.6 Å². The Labute approximate surface area is 104 Å². The van der Waals surface area contributed by atoms with Crippen LogP contribution in [0.4, 0.5) is 5.13 Å². The van der Waals surface area contributed by atoms with Gasteiger partial charge in [-0.1, -0.05) is 18.3 Å². The molecule has 0 aliphatic carbocycles. The minimum absolute atomic E-state index is 0.0522. The molecule has 0 saturated carbocycles. The fourth-order valence-corrected chi connectivity index (χ4v) is 2.47. The van der Waals surface area contributed by atoms with Gasteiger partial charge in [0, 0.05) is 12.3 Å². The lowest BCUT2D eigenvalue weighted by atomic mass is 10.6. The highest BCUT2D eigenvalue weighted by molar-refractivity contribution is 7.91. The zero-order chi connectivity index (χ0) is 12.9. The molecule has 8 heteroatoms. The number of ether oxygens (including phenoxy) is 1. The summed E-state index contributed by atoms with van der Waals surface area (Å²) in [4.78, 5) is 15.5. The molecule has 0 atom stereocenters. The number of methoxy groups -OCH3 is 1. The Balaban J connectivity index is 2.48. The van der Waals surface area contributed by atoms with E-state index in [4.69, 9.17) is 0 Å². The third-order valence-corrected chi connectivity index (χ3v) is 4.66. The Kier molecular flexibility index (Phi) is 4.88. The summed E-state index contributed by atoms with van der Waals surface area (Å²) in [5.74, 6) is -0.270. The number of carbonyl (C=O) groups excluding carboxylic acids is 1. The highest BCUT2D eigenvalue weighted by Crippen LogP contribution is 2.18. The topological polar surface area (TPSA) is 85.4 Å². The van der Waals surface area contributed by atoms with Crippen molar-refractivity contribution >= 4 is 32.3 Å². The van der Waals surface area contributed by atoms with Crippen molar-refractivity contribution in [3.63, 3.8) is 0 Å². The van der Waals surface area contributed by atoms with Crippen molar-refractivity contribution in [1.29, 1.82) is 0 Å². The van der Waals surface area contributed by atoms with Crippen LogP contribution in [0, 0.1) is 0 Å². The monoisotopic (exact) mass is 278 g/mol. The number of esters is 1. The van der Waals surface area contributed by atoms with E-state index in [0.29, 0.717) is 10.0 Å². The lowest BCUT2D eigenvalue weighted by Gasteiger charge is -2.02. The van der Waals surface area contributed by atoms with Crippen molar-refractivity contribution in [2.75, 3.05) is 30.5 Å². The summed E-state index contributed by atoms with van der Waals surface area (Å²) >= 11 is 1.13.